The summed E-state index contributed by atoms with van der Waals surface area (Å²) in [5.41, 5.74) is 2.45. The number of anilines is 1. The summed E-state index contributed by atoms with van der Waals surface area (Å²) >= 11 is 2.53. The monoisotopic (exact) mass is 413 g/mol. The molecule has 1 saturated carbocycles. The zero-order valence-corrected chi connectivity index (χ0v) is 17.5. The number of hydrogen-bond donors (Lipinski definition) is 0. The Bertz CT molecular complexity index is 594. The third-order valence-corrected chi connectivity index (χ3v) is 7.63. The second-order valence-corrected chi connectivity index (χ2v) is 11.0. The molecule has 2 aliphatic rings. The topological polar surface area (TPSA) is 35.5 Å². The maximum atomic E-state index is 13.4. The minimum absolute atomic E-state index is 0.0190. The molecule has 1 unspecified atom stereocenters. The summed E-state index contributed by atoms with van der Waals surface area (Å²) in [6, 6.07) is 6.43. The summed E-state index contributed by atoms with van der Waals surface area (Å²) in [6.07, 6.45) is 5.57. The highest BCUT2D eigenvalue weighted by molar-refractivity contribution is 9.10. The van der Waals surface area contributed by atoms with Crippen LogP contribution >= 0.6 is 15.9 Å². The molecule has 1 aliphatic heterocycles. The van der Waals surface area contributed by atoms with E-state index in [1.54, 1.807) is 0 Å². The van der Waals surface area contributed by atoms with Crippen molar-refractivity contribution < 1.29 is 9.29 Å². The van der Waals surface area contributed by atoms with Gasteiger partial charge in [0.05, 0.1) is 28.7 Å². The Kier molecular flexibility index (Phi) is 5.28. The van der Waals surface area contributed by atoms with Crippen molar-refractivity contribution >= 4 is 33.0 Å². The molecular weight excluding hydrogens is 386 g/mol. The lowest BCUT2D eigenvalue weighted by molar-refractivity contribution is 0.0223. The van der Waals surface area contributed by atoms with Gasteiger partial charge in [0, 0.05) is 17.5 Å². The third kappa shape index (κ3) is 3.37. The van der Waals surface area contributed by atoms with E-state index < -0.39 is 11.4 Å². The molecule has 0 amide bonds. The van der Waals surface area contributed by atoms with E-state index in [9.17, 15) is 4.55 Å². The molecule has 24 heavy (non-hydrogen) atoms. The molecule has 3 rings (SSSR count). The molecule has 1 aliphatic carbocycles. The van der Waals surface area contributed by atoms with E-state index in [-0.39, 0.29) is 10.3 Å². The zero-order valence-electron chi connectivity index (χ0n) is 15.1. The molecule has 0 N–H and O–H groups in total. The minimum Gasteiger partial charge on any atom is -0.593 e. The second-order valence-electron chi connectivity index (χ2n) is 7.98. The van der Waals surface area contributed by atoms with Gasteiger partial charge in [0.2, 0.25) is 0 Å². The Morgan fingerprint density at radius 3 is 2.58 bits per heavy atom. The largest absolute Gasteiger partial charge is 0.593 e. The van der Waals surface area contributed by atoms with Gasteiger partial charge in [0.25, 0.3) is 0 Å². The van der Waals surface area contributed by atoms with Crippen molar-refractivity contribution in [3.05, 3.63) is 28.2 Å². The number of halogens is 1. The zero-order chi connectivity index (χ0) is 17.5. The summed E-state index contributed by atoms with van der Waals surface area (Å²) in [5, 5.41) is 0. The van der Waals surface area contributed by atoms with E-state index in [1.165, 1.54) is 5.56 Å². The molecule has 1 aromatic carbocycles. The van der Waals surface area contributed by atoms with Gasteiger partial charge in [0.1, 0.15) is 4.75 Å². The maximum absolute atomic E-state index is 13.4. The summed E-state index contributed by atoms with van der Waals surface area (Å²) < 4.78 is 22.3. The first-order valence-electron chi connectivity index (χ1n) is 8.89. The highest BCUT2D eigenvalue weighted by Crippen LogP contribution is 2.50. The average Bonchev–Trinajstić information content (AvgIpc) is 2.81. The van der Waals surface area contributed by atoms with Crippen LogP contribution in [-0.2, 0) is 22.5 Å². The summed E-state index contributed by atoms with van der Waals surface area (Å²) in [7, 11) is 0. The Morgan fingerprint density at radius 1 is 1.33 bits per heavy atom. The van der Waals surface area contributed by atoms with Crippen LogP contribution in [0.2, 0.25) is 0 Å². The van der Waals surface area contributed by atoms with Crippen molar-refractivity contribution in [2.45, 2.75) is 76.2 Å². The van der Waals surface area contributed by atoms with Gasteiger partial charge in [-0.05, 0) is 71.1 Å². The highest BCUT2D eigenvalue weighted by atomic mass is 79.9. The van der Waals surface area contributed by atoms with Crippen molar-refractivity contribution in [2.24, 2.45) is 0 Å². The van der Waals surface area contributed by atoms with Gasteiger partial charge in [-0.25, -0.2) is 0 Å². The minimum atomic E-state index is -1.06. The molecule has 1 heterocycles. The van der Waals surface area contributed by atoms with Crippen molar-refractivity contribution in [3.63, 3.8) is 0 Å². The van der Waals surface area contributed by atoms with Crippen LogP contribution in [0.5, 0.6) is 0 Å². The fourth-order valence-corrected chi connectivity index (χ4v) is 5.85. The van der Waals surface area contributed by atoms with Gasteiger partial charge >= 0.3 is 0 Å². The lowest BCUT2D eigenvalue weighted by Gasteiger charge is -2.46. The van der Waals surface area contributed by atoms with Crippen LogP contribution in [0.3, 0.4) is 0 Å². The van der Waals surface area contributed by atoms with Crippen molar-refractivity contribution in [1.29, 1.82) is 0 Å². The lowest BCUT2D eigenvalue weighted by Crippen LogP contribution is -2.56. The predicted molar refractivity (Wildman–Crippen MR) is 105 cm³/mol. The normalized spacial score (nSPS) is 28.2. The fraction of sp³-hybridized carbons (Fsp3) is 0.684. The molecule has 5 heteroatoms. The van der Waals surface area contributed by atoms with Crippen LogP contribution in [0.1, 0.15) is 58.9 Å². The first-order chi connectivity index (χ1) is 11.3. The number of hydrogen-bond acceptors (Lipinski definition) is 3. The molecule has 0 bridgehead atoms. The van der Waals surface area contributed by atoms with Crippen molar-refractivity contribution in [2.75, 3.05) is 10.9 Å². The Balaban J connectivity index is 1.95. The number of nitrogens with zero attached hydrogens (tertiary/aromatic N) is 1. The van der Waals surface area contributed by atoms with E-state index in [1.807, 2.05) is 0 Å². The Morgan fingerprint density at radius 2 is 2.00 bits per heavy atom. The summed E-state index contributed by atoms with van der Waals surface area (Å²) in [6.45, 7) is 9.05. The smallest absolute Gasteiger partial charge is 0.142 e. The van der Waals surface area contributed by atoms with E-state index >= 15 is 0 Å². The third-order valence-electron chi connectivity index (χ3n) is 5.17. The number of fused-ring (bicyclic) bond motifs is 1. The molecular formula is C19H28BrNO2S. The van der Waals surface area contributed by atoms with Crippen LogP contribution in [0.15, 0.2) is 22.7 Å². The highest BCUT2D eigenvalue weighted by Gasteiger charge is 2.54. The molecule has 1 fully saturated rings. The van der Waals surface area contributed by atoms with Crippen LogP contribution in [-0.4, -0.2) is 27.5 Å². The van der Waals surface area contributed by atoms with E-state index in [0.717, 1.165) is 48.9 Å². The Hall–Kier alpha value is -0.230. The van der Waals surface area contributed by atoms with Crippen LogP contribution in [0.25, 0.3) is 0 Å². The van der Waals surface area contributed by atoms with Crippen LogP contribution in [0.4, 0.5) is 5.69 Å². The van der Waals surface area contributed by atoms with Gasteiger partial charge in [0.15, 0.2) is 0 Å². The van der Waals surface area contributed by atoms with Crippen molar-refractivity contribution in [1.82, 2.24) is 0 Å². The fourth-order valence-electron chi connectivity index (χ4n) is 4.01. The number of benzene rings is 1. The number of rotatable bonds is 3. The van der Waals surface area contributed by atoms with Gasteiger partial charge in [-0.1, -0.05) is 22.0 Å². The van der Waals surface area contributed by atoms with Gasteiger partial charge in [-0.15, -0.1) is 0 Å². The molecule has 134 valence electrons. The van der Waals surface area contributed by atoms with Gasteiger partial charge in [-0.3, -0.25) is 0 Å². The first kappa shape index (κ1) is 18.6. The quantitative estimate of drug-likeness (QED) is 0.654. The van der Waals surface area contributed by atoms with Crippen molar-refractivity contribution in [3.8, 4) is 0 Å². The average molecular weight is 414 g/mol. The molecule has 0 radical (unpaired) electrons. The second kappa shape index (κ2) is 6.82. The van der Waals surface area contributed by atoms with E-state index in [0.29, 0.717) is 6.10 Å². The molecule has 0 saturated heterocycles. The molecule has 3 nitrogen and oxygen atoms in total. The molecule has 1 atom stereocenters. The Labute approximate surface area is 157 Å². The predicted octanol–water partition coefficient (Wildman–Crippen LogP) is 4.99. The SMILES string of the molecule is CCO[C@H]1CC[C@]2(CC1)Cc1ccc(Br)cc1N2[S+]([O-])C(C)(C)C. The maximum Gasteiger partial charge on any atom is 0.142 e. The molecule has 0 aromatic heterocycles. The molecule has 1 spiro atoms. The standard InChI is InChI=1S/C19H28BrNO2S/c1-5-23-16-8-10-19(11-9-16)13-14-6-7-15(20)12-17(14)21(19)24(22)18(2,3)4/h6-7,12,16H,5,8-11,13H2,1-4H3/t16-,19-,24?. The summed E-state index contributed by atoms with van der Waals surface area (Å²) in [5.74, 6) is 0. The number of ether oxygens (including phenoxy) is 1. The summed E-state index contributed by atoms with van der Waals surface area (Å²) in [4.78, 5) is 0. The lowest BCUT2D eigenvalue weighted by atomic mass is 9.78. The van der Waals surface area contributed by atoms with Gasteiger partial charge < -0.3 is 9.29 Å². The van der Waals surface area contributed by atoms with Gasteiger partial charge in [-0.2, -0.15) is 4.31 Å². The van der Waals surface area contributed by atoms with Crippen LogP contribution in [0, 0.1) is 0 Å². The van der Waals surface area contributed by atoms with E-state index in [4.69, 9.17) is 4.74 Å². The van der Waals surface area contributed by atoms with E-state index in [2.05, 4.69) is 66.1 Å². The van der Waals surface area contributed by atoms with Crippen LogP contribution < -0.4 is 4.31 Å². The first-order valence-corrected chi connectivity index (χ1v) is 10.8. The molecule has 1 aromatic rings.